The third-order valence-corrected chi connectivity index (χ3v) is 3.93. The van der Waals surface area contributed by atoms with Gasteiger partial charge in [0.2, 0.25) is 5.91 Å². The highest BCUT2D eigenvalue weighted by Crippen LogP contribution is 2.27. The van der Waals surface area contributed by atoms with Crippen LogP contribution in [0.3, 0.4) is 0 Å². The predicted octanol–water partition coefficient (Wildman–Crippen LogP) is 3.26. The van der Waals surface area contributed by atoms with Gasteiger partial charge in [0.1, 0.15) is 11.5 Å². The van der Waals surface area contributed by atoms with Crippen molar-refractivity contribution in [2.24, 2.45) is 0 Å². The van der Waals surface area contributed by atoms with Crippen molar-refractivity contribution in [3.8, 4) is 11.5 Å². The van der Waals surface area contributed by atoms with Crippen molar-refractivity contribution >= 4 is 11.6 Å². The third kappa shape index (κ3) is 4.07. The summed E-state index contributed by atoms with van der Waals surface area (Å²) in [6.07, 6.45) is 6.51. The molecule has 0 spiro atoms. The Hall–Kier alpha value is -2.40. The van der Waals surface area contributed by atoms with E-state index in [2.05, 4.69) is 15.6 Å². The van der Waals surface area contributed by atoms with Gasteiger partial charge in [0.25, 0.3) is 0 Å². The van der Waals surface area contributed by atoms with Gasteiger partial charge in [0, 0.05) is 11.9 Å². The van der Waals surface area contributed by atoms with E-state index in [0.717, 1.165) is 42.8 Å². The molecule has 1 aliphatic heterocycles. The number of amides is 1. The normalized spacial score (nSPS) is 17.5. The fourth-order valence-corrected chi connectivity index (χ4v) is 2.68. The smallest absolute Gasteiger partial charge is 0.241 e. The maximum absolute atomic E-state index is 12.2. The number of benzene rings is 1. The maximum atomic E-state index is 12.2. The molecule has 3 rings (SSSR count). The summed E-state index contributed by atoms with van der Waals surface area (Å²) in [6, 6.07) is 9.25. The SMILES string of the molecule is Cc1cc(NC(=O)[C@H]2CCCCN2)ccc1Oc1cccnc1. The van der Waals surface area contributed by atoms with E-state index in [1.165, 1.54) is 0 Å². The lowest BCUT2D eigenvalue weighted by atomic mass is 10.0. The largest absolute Gasteiger partial charge is 0.455 e. The fourth-order valence-electron chi connectivity index (χ4n) is 2.68. The van der Waals surface area contributed by atoms with E-state index in [9.17, 15) is 4.79 Å². The molecule has 120 valence electrons. The summed E-state index contributed by atoms with van der Waals surface area (Å²) >= 11 is 0. The molecule has 1 fully saturated rings. The van der Waals surface area contributed by atoms with Gasteiger partial charge in [-0.05, 0) is 62.2 Å². The number of pyridine rings is 1. The molecule has 1 amide bonds. The summed E-state index contributed by atoms with van der Waals surface area (Å²) in [5.41, 5.74) is 1.75. The molecule has 1 aromatic carbocycles. The molecule has 5 heteroatoms. The lowest BCUT2D eigenvalue weighted by molar-refractivity contribution is -0.118. The predicted molar refractivity (Wildman–Crippen MR) is 89.8 cm³/mol. The molecule has 2 aromatic rings. The van der Waals surface area contributed by atoms with Crippen molar-refractivity contribution in [1.29, 1.82) is 0 Å². The highest BCUT2D eigenvalue weighted by atomic mass is 16.5. The number of carbonyl (C=O) groups is 1. The minimum atomic E-state index is -0.0876. The first-order valence-electron chi connectivity index (χ1n) is 7.95. The van der Waals surface area contributed by atoms with Crippen LogP contribution in [0.25, 0.3) is 0 Å². The number of hydrogen-bond acceptors (Lipinski definition) is 4. The Kier molecular flexibility index (Phi) is 4.88. The molecule has 2 heterocycles. The molecule has 1 aliphatic rings. The average Bonchev–Trinajstić information content (AvgIpc) is 2.59. The van der Waals surface area contributed by atoms with E-state index in [0.29, 0.717) is 5.75 Å². The summed E-state index contributed by atoms with van der Waals surface area (Å²) < 4.78 is 5.80. The molecular weight excluding hydrogens is 290 g/mol. The average molecular weight is 311 g/mol. The van der Waals surface area contributed by atoms with Crippen molar-refractivity contribution in [2.75, 3.05) is 11.9 Å². The maximum Gasteiger partial charge on any atom is 0.241 e. The Morgan fingerprint density at radius 1 is 1.35 bits per heavy atom. The van der Waals surface area contributed by atoms with Crippen LogP contribution in [0.1, 0.15) is 24.8 Å². The number of nitrogens with one attached hydrogen (secondary N) is 2. The molecule has 23 heavy (non-hydrogen) atoms. The summed E-state index contributed by atoms with van der Waals surface area (Å²) in [5, 5.41) is 6.23. The van der Waals surface area contributed by atoms with Crippen LogP contribution in [0.15, 0.2) is 42.7 Å². The first kappa shape index (κ1) is 15.5. The van der Waals surface area contributed by atoms with E-state index in [4.69, 9.17) is 4.74 Å². The van der Waals surface area contributed by atoms with Gasteiger partial charge in [-0.1, -0.05) is 6.42 Å². The van der Waals surface area contributed by atoms with Gasteiger partial charge in [-0.15, -0.1) is 0 Å². The molecule has 1 aromatic heterocycles. The highest BCUT2D eigenvalue weighted by Gasteiger charge is 2.20. The molecule has 0 bridgehead atoms. The van der Waals surface area contributed by atoms with E-state index < -0.39 is 0 Å². The van der Waals surface area contributed by atoms with Crippen molar-refractivity contribution in [3.63, 3.8) is 0 Å². The van der Waals surface area contributed by atoms with Gasteiger partial charge < -0.3 is 15.4 Å². The van der Waals surface area contributed by atoms with E-state index in [-0.39, 0.29) is 11.9 Å². The monoisotopic (exact) mass is 311 g/mol. The van der Waals surface area contributed by atoms with Crippen LogP contribution in [0, 0.1) is 6.92 Å². The second-order valence-corrected chi connectivity index (χ2v) is 5.76. The lowest BCUT2D eigenvalue weighted by Gasteiger charge is -2.22. The molecule has 1 saturated heterocycles. The third-order valence-electron chi connectivity index (χ3n) is 3.93. The first-order chi connectivity index (χ1) is 11.2. The van der Waals surface area contributed by atoms with Crippen LogP contribution < -0.4 is 15.4 Å². The van der Waals surface area contributed by atoms with Gasteiger partial charge in [0.05, 0.1) is 12.2 Å². The zero-order valence-corrected chi connectivity index (χ0v) is 13.2. The van der Waals surface area contributed by atoms with E-state index in [1.807, 2.05) is 37.3 Å². The molecule has 2 N–H and O–H groups in total. The number of anilines is 1. The summed E-state index contributed by atoms with van der Waals surface area (Å²) in [4.78, 5) is 16.3. The number of carbonyl (C=O) groups excluding carboxylic acids is 1. The van der Waals surface area contributed by atoms with Crippen molar-refractivity contribution in [2.45, 2.75) is 32.2 Å². The highest BCUT2D eigenvalue weighted by molar-refractivity contribution is 5.95. The van der Waals surface area contributed by atoms with Gasteiger partial charge >= 0.3 is 0 Å². The number of rotatable bonds is 4. The van der Waals surface area contributed by atoms with Crippen molar-refractivity contribution < 1.29 is 9.53 Å². The number of hydrogen-bond donors (Lipinski definition) is 2. The topological polar surface area (TPSA) is 63.2 Å². The van der Waals surface area contributed by atoms with E-state index >= 15 is 0 Å². The fraction of sp³-hybridized carbons (Fsp3) is 0.333. The van der Waals surface area contributed by atoms with Gasteiger partial charge in [0.15, 0.2) is 0 Å². The number of aryl methyl sites for hydroxylation is 1. The lowest BCUT2D eigenvalue weighted by Crippen LogP contribution is -2.43. The second kappa shape index (κ2) is 7.24. The molecule has 0 aliphatic carbocycles. The molecule has 1 atom stereocenters. The Morgan fingerprint density at radius 2 is 2.26 bits per heavy atom. The van der Waals surface area contributed by atoms with Crippen LogP contribution in [-0.2, 0) is 4.79 Å². The van der Waals surface area contributed by atoms with E-state index in [1.54, 1.807) is 12.4 Å². The van der Waals surface area contributed by atoms with Crippen LogP contribution in [0.2, 0.25) is 0 Å². The number of aromatic nitrogens is 1. The van der Waals surface area contributed by atoms with Crippen molar-refractivity contribution in [1.82, 2.24) is 10.3 Å². The Bertz CT molecular complexity index is 667. The van der Waals surface area contributed by atoms with Gasteiger partial charge in [-0.25, -0.2) is 0 Å². The number of nitrogens with zero attached hydrogens (tertiary/aromatic N) is 1. The Morgan fingerprint density at radius 3 is 2.96 bits per heavy atom. The van der Waals surface area contributed by atoms with Crippen LogP contribution >= 0.6 is 0 Å². The minimum Gasteiger partial charge on any atom is -0.455 e. The quantitative estimate of drug-likeness (QED) is 0.909. The van der Waals surface area contributed by atoms with Crippen LogP contribution in [0.5, 0.6) is 11.5 Å². The second-order valence-electron chi connectivity index (χ2n) is 5.76. The van der Waals surface area contributed by atoms with Crippen LogP contribution in [0.4, 0.5) is 5.69 Å². The molecule has 0 saturated carbocycles. The minimum absolute atomic E-state index is 0.0324. The Balaban J connectivity index is 1.65. The van der Waals surface area contributed by atoms with Gasteiger partial charge in [-0.3, -0.25) is 9.78 Å². The van der Waals surface area contributed by atoms with Gasteiger partial charge in [-0.2, -0.15) is 0 Å². The molecule has 0 radical (unpaired) electrons. The molecular formula is C18H21N3O2. The molecule has 5 nitrogen and oxygen atoms in total. The zero-order chi connectivity index (χ0) is 16.1. The van der Waals surface area contributed by atoms with Crippen LogP contribution in [-0.4, -0.2) is 23.5 Å². The zero-order valence-electron chi connectivity index (χ0n) is 13.2. The number of ether oxygens (including phenoxy) is 1. The molecule has 0 unspecified atom stereocenters. The summed E-state index contributed by atoms with van der Waals surface area (Å²) in [5.74, 6) is 1.48. The van der Waals surface area contributed by atoms with Crippen molar-refractivity contribution in [3.05, 3.63) is 48.3 Å². The first-order valence-corrected chi connectivity index (χ1v) is 7.95. The number of piperidine rings is 1. The Labute approximate surface area is 136 Å². The summed E-state index contributed by atoms with van der Waals surface area (Å²) in [6.45, 7) is 2.87. The standard InChI is InChI=1S/C18H21N3O2/c1-13-11-14(21-18(22)16-6-2-3-10-20-16)7-8-17(13)23-15-5-4-9-19-12-15/h4-5,7-9,11-12,16,20H,2-3,6,10H2,1H3,(H,21,22)/t16-/m1/s1. The summed E-state index contributed by atoms with van der Waals surface area (Å²) in [7, 11) is 0.